The van der Waals surface area contributed by atoms with Crippen LogP contribution in [0.25, 0.3) is 11.3 Å². The summed E-state index contributed by atoms with van der Waals surface area (Å²) in [5.74, 6) is -0.124. The molecule has 0 saturated carbocycles. The number of nitrogens with one attached hydrogen (secondary N) is 1. The molecule has 150 valence electrons. The molecule has 0 bridgehead atoms. The first-order valence-corrected chi connectivity index (χ1v) is 10.5. The highest BCUT2D eigenvalue weighted by atomic mass is 79.9. The average Bonchev–Trinajstić information content (AvgIpc) is 2.64. The van der Waals surface area contributed by atoms with Crippen LogP contribution in [0.5, 0.6) is 0 Å². The van der Waals surface area contributed by atoms with Crippen LogP contribution in [0.2, 0.25) is 0 Å². The lowest BCUT2D eigenvalue weighted by molar-refractivity contribution is 0.607. The van der Waals surface area contributed by atoms with E-state index >= 15 is 0 Å². The normalized spacial score (nSPS) is 9.93. The molecule has 0 spiro atoms. The summed E-state index contributed by atoms with van der Waals surface area (Å²) in [6.07, 6.45) is 4.32. The lowest BCUT2D eigenvalue weighted by atomic mass is 10.1. The van der Waals surface area contributed by atoms with Gasteiger partial charge in [0, 0.05) is 21.5 Å². The second-order valence-electron chi connectivity index (χ2n) is 5.91. The van der Waals surface area contributed by atoms with Gasteiger partial charge in [0.2, 0.25) is 5.95 Å². The Morgan fingerprint density at radius 3 is 2.59 bits per heavy atom. The van der Waals surface area contributed by atoms with E-state index in [0.717, 1.165) is 33.2 Å². The third kappa shape index (κ3) is 6.41. The quantitative estimate of drug-likeness (QED) is 0.371. The van der Waals surface area contributed by atoms with Crippen LogP contribution in [0.4, 0.5) is 20.4 Å². The standard InChI is InChI=1S/C19H16BrF2N3S.CH2N2/c1-11-3-4-15(16(21)5-11)18-17(22)9-23-19(25-18)24-14-7-12(10-26-2)6-13(20)8-14;2-1-3/h3-9H,10H2,1-2H3,(H,23,24,25);2H2. The number of benzene rings is 2. The van der Waals surface area contributed by atoms with Crippen LogP contribution in [0.1, 0.15) is 11.1 Å². The fraction of sp³-hybridized carbons (Fsp3) is 0.150. The number of aryl methyl sites for hydroxylation is 1. The van der Waals surface area contributed by atoms with E-state index in [0.29, 0.717) is 0 Å². The number of anilines is 2. The first kappa shape index (κ1) is 22.6. The molecule has 0 aliphatic heterocycles. The maximum atomic E-state index is 14.2. The third-order valence-electron chi connectivity index (χ3n) is 3.65. The van der Waals surface area contributed by atoms with E-state index < -0.39 is 11.6 Å². The number of nitrogens with two attached hydrogens (primary N) is 1. The first-order chi connectivity index (χ1) is 13.9. The second kappa shape index (κ2) is 10.7. The van der Waals surface area contributed by atoms with Gasteiger partial charge in [-0.05, 0) is 54.6 Å². The molecule has 3 rings (SSSR count). The van der Waals surface area contributed by atoms with Gasteiger partial charge in [0.15, 0.2) is 12.0 Å². The molecule has 2 aromatic carbocycles. The van der Waals surface area contributed by atoms with Gasteiger partial charge in [-0.1, -0.05) is 22.0 Å². The van der Waals surface area contributed by atoms with Gasteiger partial charge in [-0.15, -0.1) is 0 Å². The number of hydrogen-bond acceptors (Lipinski definition) is 6. The number of nitriles is 1. The van der Waals surface area contributed by atoms with E-state index in [1.807, 2.05) is 24.5 Å². The Labute approximate surface area is 180 Å². The second-order valence-corrected chi connectivity index (χ2v) is 7.69. The van der Waals surface area contributed by atoms with Gasteiger partial charge in [0.05, 0.1) is 6.20 Å². The molecule has 0 aliphatic carbocycles. The highest BCUT2D eigenvalue weighted by Gasteiger charge is 2.14. The highest BCUT2D eigenvalue weighted by molar-refractivity contribution is 9.10. The molecule has 0 fully saturated rings. The van der Waals surface area contributed by atoms with Crippen LogP contribution in [0.15, 0.2) is 47.1 Å². The third-order valence-corrected chi connectivity index (χ3v) is 4.73. The maximum absolute atomic E-state index is 14.2. The van der Waals surface area contributed by atoms with Crippen LogP contribution in [0, 0.1) is 30.0 Å². The number of rotatable bonds is 5. The van der Waals surface area contributed by atoms with Gasteiger partial charge in [0.25, 0.3) is 0 Å². The summed E-state index contributed by atoms with van der Waals surface area (Å²) >= 11 is 5.19. The molecule has 3 N–H and O–H groups in total. The molecular weight excluding hydrogens is 460 g/mol. The molecule has 9 heteroatoms. The number of thioether (sulfide) groups is 1. The van der Waals surface area contributed by atoms with E-state index in [2.05, 4.69) is 36.9 Å². The summed E-state index contributed by atoms with van der Waals surface area (Å²) in [6, 6.07) is 10.5. The SMILES string of the molecule is CSCc1cc(Br)cc(Nc2ncc(F)c(-c3ccc(C)cc3F)n2)c1.N#CN. The molecule has 1 aromatic heterocycles. The molecule has 29 heavy (non-hydrogen) atoms. The Bertz CT molecular complexity index is 1040. The zero-order valence-electron chi connectivity index (χ0n) is 15.7. The summed E-state index contributed by atoms with van der Waals surface area (Å²) in [5.41, 5.74) is 6.84. The van der Waals surface area contributed by atoms with Crippen molar-refractivity contribution in [1.29, 1.82) is 5.26 Å². The van der Waals surface area contributed by atoms with E-state index in [-0.39, 0.29) is 17.2 Å². The van der Waals surface area contributed by atoms with Crippen LogP contribution < -0.4 is 11.1 Å². The van der Waals surface area contributed by atoms with Crippen molar-refractivity contribution in [2.75, 3.05) is 11.6 Å². The Kier molecular flexibility index (Phi) is 8.36. The van der Waals surface area contributed by atoms with Crippen molar-refractivity contribution in [3.8, 4) is 17.5 Å². The Hall–Kier alpha value is -2.70. The predicted molar refractivity (Wildman–Crippen MR) is 117 cm³/mol. The van der Waals surface area contributed by atoms with Crippen molar-refractivity contribution in [3.05, 3.63) is 69.8 Å². The summed E-state index contributed by atoms with van der Waals surface area (Å²) in [4.78, 5) is 8.15. The van der Waals surface area contributed by atoms with Crippen LogP contribution >= 0.6 is 27.7 Å². The smallest absolute Gasteiger partial charge is 0.227 e. The van der Waals surface area contributed by atoms with E-state index in [1.165, 1.54) is 18.3 Å². The van der Waals surface area contributed by atoms with Gasteiger partial charge in [-0.25, -0.2) is 18.7 Å². The minimum absolute atomic E-state index is 0.0701. The molecule has 1 heterocycles. The summed E-state index contributed by atoms with van der Waals surface area (Å²) in [5, 5.41) is 10.2. The zero-order chi connectivity index (χ0) is 21.4. The molecule has 0 unspecified atom stereocenters. The predicted octanol–water partition coefficient (Wildman–Crippen LogP) is 5.53. The molecule has 0 atom stereocenters. The lowest BCUT2D eigenvalue weighted by Gasteiger charge is -2.10. The van der Waals surface area contributed by atoms with E-state index in [1.54, 1.807) is 24.8 Å². The van der Waals surface area contributed by atoms with Gasteiger partial charge in [0.1, 0.15) is 11.5 Å². The summed E-state index contributed by atoms with van der Waals surface area (Å²) in [6.45, 7) is 1.77. The average molecular weight is 478 g/mol. The molecule has 0 radical (unpaired) electrons. The van der Waals surface area contributed by atoms with Gasteiger partial charge in [-0.2, -0.15) is 17.0 Å². The first-order valence-electron chi connectivity index (χ1n) is 8.32. The topological polar surface area (TPSA) is 87.6 Å². The fourth-order valence-electron chi connectivity index (χ4n) is 2.53. The fourth-order valence-corrected chi connectivity index (χ4v) is 3.57. The van der Waals surface area contributed by atoms with Gasteiger partial charge >= 0.3 is 0 Å². The molecule has 0 saturated heterocycles. The van der Waals surface area contributed by atoms with Crippen molar-refractivity contribution in [2.24, 2.45) is 5.73 Å². The Morgan fingerprint density at radius 1 is 1.21 bits per heavy atom. The molecule has 3 aromatic rings. The Morgan fingerprint density at radius 2 is 1.93 bits per heavy atom. The molecule has 0 aliphatic rings. The van der Waals surface area contributed by atoms with Crippen LogP contribution in [-0.2, 0) is 5.75 Å². The summed E-state index contributed by atoms with van der Waals surface area (Å²) in [7, 11) is 0. The van der Waals surface area contributed by atoms with Crippen molar-refractivity contribution in [2.45, 2.75) is 12.7 Å². The number of aromatic nitrogens is 2. The maximum Gasteiger partial charge on any atom is 0.227 e. The lowest BCUT2D eigenvalue weighted by Crippen LogP contribution is -2.02. The zero-order valence-corrected chi connectivity index (χ0v) is 18.1. The molecule has 0 amide bonds. The highest BCUT2D eigenvalue weighted by Crippen LogP contribution is 2.27. The van der Waals surface area contributed by atoms with Gasteiger partial charge < -0.3 is 11.1 Å². The molecular formula is C20H18BrF2N5S. The van der Waals surface area contributed by atoms with Crippen molar-refractivity contribution >= 4 is 39.3 Å². The molecule has 5 nitrogen and oxygen atoms in total. The number of halogens is 3. The van der Waals surface area contributed by atoms with Crippen molar-refractivity contribution in [1.82, 2.24) is 9.97 Å². The van der Waals surface area contributed by atoms with Crippen molar-refractivity contribution in [3.63, 3.8) is 0 Å². The van der Waals surface area contributed by atoms with Crippen molar-refractivity contribution < 1.29 is 8.78 Å². The van der Waals surface area contributed by atoms with Crippen LogP contribution in [0.3, 0.4) is 0 Å². The largest absolute Gasteiger partial charge is 0.337 e. The summed E-state index contributed by atoms with van der Waals surface area (Å²) < 4.78 is 29.3. The number of hydrogen-bond donors (Lipinski definition) is 2. The minimum Gasteiger partial charge on any atom is -0.337 e. The minimum atomic E-state index is -0.671. The number of nitrogens with zero attached hydrogens (tertiary/aromatic N) is 3. The van der Waals surface area contributed by atoms with Gasteiger partial charge in [-0.3, -0.25) is 0 Å². The van der Waals surface area contributed by atoms with E-state index in [4.69, 9.17) is 5.26 Å². The Balaban J connectivity index is 0.000000941. The monoisotopic (exact) mass is 477 g/mol. The van der Waals surface area contributed by atoms with Crippen LogP contribution in [-0.4, -0.2) is 16.2 Å². The van der Waals surface area contributed by atoms with E-state index in [9.17, 15) is 8.78 Å².